The summed E-state index contributed by atoms with van der Waals surface area (Å²) in [5, 5.41) is 0. The Hall–Kier alpha value is -1.23. The average Bonchev–Trinajstić information content (AvgIpc) is 2.12. The molecule has 5 heteroatoms. The lowest BCUT2D eigenvalue weighted by Crippen LogP contribution is -2.23. The van der Waals surface area contributed by atoms with E-state index in [-0.39, 0.29) is 5.96 Å². The van der Waals surface area contributed by atoms with E-state index in [1.54, 1.807) is 0 Å². The predicted molar refractivity (Wildman–Crippen MR) is 60.3 cm³/mol. The average molecular weight is 258 g/mol. The van der Waals surface area contributed by atoms with Crippen LogP contribution in [0.2, 0.25) is 0 Å². The van der Waals surface area contributed by atoms with E-state index in [4.69, 9.17) is 16.2 Å². The second-order valence-corrected chi connectivity index (χ2v) is 3.53. The number of guanidine groups is 1. The molecule has 1 rings (SSSR count). The fourth-order valence-corrected chi connectivity index (χ4v) is 1.27. The molecule has 0 aromatic heterocycles. The van der Waals surface area contributed by atoms with Crippen LogP contribution in [-0.2, 0) is 0 Å². The van der Waals surface area contributed by atoms with Gasteiger partial charge in [0.15, 0.2) is 5.96 Å². The Balaban J connectivity index is 2.35. The lowest BCUT2D eigenvalue weighted by molar-refractivity contribution is 0.328. The molecule has 0 saturated carbocycles. The Morgan fingerprint density at radius 1 is 1.43 bits per heavy atom. The van der Waals surface area contributed by atoms with Crippen molar-refractivity contribution < 1.29 is 4.74 Å². The van der Waals surface area contributed by atoms with E-state index >= 15 is 0 Å². The van der Waals surface area contributed by atoms with Crippen molar-refractivity contribution in [3.8, 4) is 5.75 Å². The number of nitrogens with two attached hydrogens (primary N) is 2. The molecule has 0 heterocycles. The minimum atomic E-state index is 0.0860. The highest BCUT2D eigenvalue weighted by molar-refractivity contribution is 9.10. The fourth-order valence-electron chi connectivity index (χ4n) is 0.895. The Labute approximate surface area is 91.1 Å². The van der Waals surface area contributed by atoms with E-state index in [1.165, 1.54) is 0 Å². The van der Waals surface area contributed by atoms with E-state index in [0.717, 1.165) is 10.2 Å². The van der Waals surface area contributed by atoms with Crippen LogP contribution in [-0.4, -0.2) is 19.1 Å². The SMILES string of the molecule is NC(N)=NCCOc1cccc(Br)c1. The van der Waals surface area contributed by atoms with Gasteiger partial charge in [0.05, 0.1) is 6.54 Å². The quantitative estimate of drug-likeness (QED) is 0.482. The van der Waals surface area contributed by atoms with Gasteiger partial charge in [-0.05, 0) is 18.2 Å². The number of benzene rings is 1. The molecule has 0 aliphatic heterocycles. The first-order valence-electron chi connectivity index (χ1n) is 4.12. The molecule has 14 heavy (non-hydrogen) atoms. The number of ether oxygens (including phenoxy) is 1. The first-order chi connectivity index (χ1) is 6.68. The minimum Gasteiger partial charge on any atom is -0.492 e. The van der Waals surface area contributed by atoms with Crippen LogP contribution in [0.1, 0.15) is 0 Å². The molecule has 1 aromatic rings. The molecule has 0 bridgehead atoms. The highest BCUT2D eigenvalue weighted by Gasteiger charge is 1.93. The maximum absolute atomic E-state index is 5.39. The van der Waals surface area contributed by atoms with E-state index in [9.17, 15) is 0 Å². The standard InChI is InChI=1S/C9H12BrN3O/c10-7-2-1-3-8(6-7)14-5-4-13-9(11)12/h1-3,6H,4-5H2,(H4,11,12,13). The molecule has 0 spiro atoms. The van der Waals surface area contributed by atoms with Crippen molar-refractivity contribution in [2.45, 2.75) is 0 Å². The third-order valence-electron chi connectivity index (χ3n) is 1.45. The van der Waals surface area contributed by atoms with Gasteiger partial charge in [-0.1, -0.05) is 22.0 Å². The molecule has 76 valence electrons. The lowest BCUT2D eigenvalue weighted by Gasteiger charge is -2.04. The van der Waals surface area contributed by atoms with Gasteiger partial charge in [-0.25, -0.2) is 0 Å². The summed E-state index contributed by atoms with van der Waals surface area (Å²) in [6, 6.07) is 7.60. The van der Waals surface area contributed by atoms with Gasteiger partial charge >= 0.3 is 0 Å². The molecule has 0 atom stereocenters. The van der Waals surface area contributed by atoms with Gasteiger partial charge in [0.25, 0.3) is 0 Å². The fraction of sp³-hybridized carbons (Fsp3) is 0.222. The molecule has 4 nitrogen and oxygen atoms in total. The third kappa shape index (κ3) is 4.13. The van der Waals surface area contributed by atoms with Crippen molar-refractivity contribution in [3.63, 3.8) is 0 Å². The van der Waals surface area contributed by atoms with Crippen molar-refractivity contribution in [2.75, 3.05) is 13.2 Å². The summed E-state index contributed by atoms with van der Waals surface area (Å²) in [4.78, 5) is 3.80. The summed E-state index contributed by atoms with van der Waals surface area (Å²) >= 11 is 3.35. The second kappa shape index (κ2) is 5.49. The summed E-state index contributed by atoms with van der Waals surface area (Å²) in [5.41, 5.74) is 10.3. The van der Waals surface area contributed by atoms with Gasteiger partial charge in [-0.2, -0.15) is 0 Å². The van der Waals surface area contributed by atoms with Gasteiger partial charge in [-0.3, -0.25) is 4.99 Å². The first kappa shape index (κ1) is 10.8. The van der Waals surface area contributed by atoms with Crippen LogP contribution in [0.25, 0.3) is 0 Å². The van der Waals surface area contributed by atoms with E-state index in [0.29, 0.717) is 13.2 Å². The van der Waals surface area contributed by atoms with Crippen LogP contribution >= 0.6 is 15.9 Å². The van der Waals surface area contributed by atoms with Gasteiger partial charge in [0, 0.05) is 4.47 Å². The van der Waals surface area contributed by atoms with Crippen molar-refractivity contribution in [1.29, 1.82) is 0 Å². The highest BCUT2D eigenvalue weighted by atomic mass is 79.9. The zero-order valence-electron chi connectivity index (χ0n) is 7.61. The Kier molecular flexibility index (Phi) is 4.25. The molecular weight excluding hydrogens is 246 g/mol. The zero-order chi connectivity index (χ0) is 10.4. The summed E-state index contributed by atoms with van der Waals surface area (Å²) in [6.07, 6.45) is 0. The largest absolute Gasteiger partial charge is 0.492 e. The smallest absolute Gasteiger partial charge is 0.186 e. The minimum absolute atomic E-state index is 0.0860. The summed E-state index contributed by atoms with van der Waals surface area (Å²) < 4.78 is 6.37. The number of hydrogen-bond donors (Lipinski definition) is 2. The molecule has 0 amide bonds. The van der Waals surface area contributed by atoms with Gasteiger partial charge in [-0.15, -0.1) is 0 Å². The third-order valence-corrected chi connectivity index (χ3v) is 1.94. The monoisotopic (exact) mass is 257 g/mol. The summed E-state index contributed by atoms with van der Waals surface area (Å²) in [7, 11) is 0. The van der Waals surface area contributed by atoms with Crippen molar-refractivity contribution in [1.82, 2.24) is 0 Å². The van der Waals surface area contributed by atoms with Gasteiger partial charge in [0.1, 0.15) is 12.4 Å². The van der Waals surface area contributed by atoms with Crippen LogP contribution in [0.15, 0.2) is 33.7 Å². The molecule has 0 radical (unpaired) electrons. The zero-order valence-corrected chi connectivity index (χ0v) is 9.20. The Morgan fingerprint density at radius 3 is 2.86 bits per heavy atom. The van der Waals surface area contributed by atoms with Gasteiger partial charge in [0.2, 0.25) is 0 Å². The molecule has 1 aromatic carbocycles. The summed E-state index contributed by atoms with van der Waals surface area (Å²) in [6.45, 7) is 0.934. The van der Waals surface area contributed by atoms with Crippen molar-refractivity contribution in [2.24, 2.45) is 16.5 Å². The van der Waals surface area contributed by atoms with Crippen molar-refractivity contribution >= 4 is 21.9 Å². The maximum atomic E-state index is 5.39. The molecular formula is C9H12BrN3O. The lowest BCUT2D eigenvalue weighted by atomic mass is 10.3. The van der Waals surface area contributed by atoms with Crippen LogP contribution < -0.4 is 16.2 Å². The van der Waals surface area contributed by atoms with Crippen molar-refractivity contribution in [3.05, 3.63) is 28.7 Å². The molecule has 0 saturated heterocycles. The number of nitrogens with zero attached hydrogens (tertiary/aromatic N) is 1. The molecule has 0 unspecified atom stereocenters. The first-order valence-corrected chi connectivity index (χ1v) is 4.91. The van der Waals surface area contributed by atoms with Crippen LogP contribution in [0, 0.1) is 0 Å². The molecule has 0 aliphatic rings. The molecule has 0 aliphatic carbocycles. The van der Waals surface area contributed by atoms with E-state index in [1.807, 2.05) is 24.3 Å². The number of aliphatic imine (C=N–C) groups is 1. The second-order valence-electron chi connectivity index (χ2n) is 2.61. The number of halogens is 1. The van der Waals surface area contributed by atoms with Crippen LogP contribution in [0.4, 0.5) is 0 Å². The van der Waals surface area contributed by atoms with Crippen LogP contribution in [0.3, 0.4) is 0 Å². The van der Waals surface area contributed by atoms with E-state index < -0.39 is 0 Å². The summed E-state index contributed by atoms with van der Waals surface area (Å²) in [5.74, 6) is 0.882. The topological polar surface area (TPSA) is 73.6 Å². The number of rotatable bonds is 4. The number of hydrogen-bond acceptors (Lipinski definition) is 2. The Morgan fingerprint density at radius 2 is 2.21 bits per heavy atom. The van der Waals surface area contributed by atoms with Crippen LogP contribution in [0.5, 0.6) is 5.75 Å². The maximum Gasteiger partial charge on any atom is 0.186 e. The molecule has 4 N–H and O–H groups in total. The molecule has 0 fully saturated rings. The predicted octanol–water partition coefficient (Wildman–Crippen LogP) is 1.10. The van der Waals surface area contributed by atoms with E-state index in [2.05, 4.69) is 20.9 Å². The normalized spacial score (nSPS) is 9.50. The van der Waals surface area contributed by atoms with Gasteiger partial charge < -0.3 is 16.2 Å². The highest BCUT2D eigenvalue weighted by Crippen LogP contribution is 2.17. The Bertz CT molecular complexity index is 324.